The second kappa shape index (κ2) is 10.4. The number of carboxylic acids is 1. The molecule has 0 aliphatic heterocycles. The van der Waals surface area contributed by atoms with Gasteiger partial charge in [-0.1, -0.05) is 48.5 Å². The first-order chi connectivity index (χ1) is 15.4. The largest absolute Gasteiger partial charge is 0.480 e. The Morgan fingerprint density at radius 2 is 1.66 bits per heavy atom. The van der Waals surface area contributed by atoms with Gasteiger partial charge in [0.25, 0.3) is 0 Å². The highest BCUT2D eigenvalue weighted by atomic mass is 16.5. The number of rotatable bonds is 10. The molecule has 0 radical (unpaired) electrons. The molecule has 2 atom stereocenters. The monoisotopic (exact) mass is 439 g/mol. The number of carbonyl (C=O) groups excluding carboxylic acids is 3. The molecular formula is C23H21NO8. The highest BCUT2D eigenvalue weighted by Gasteiger charge is 2.38. The molecule has 1 heterocycles. The number of carboxylic acid groups (broad SMARTS) is 1. The third-order valence-electron chi connectivity index (χ3n) is 4.74. The van der Waals surface area contributed by atoms with Gasteiger partial charge in [0.1, 0.15) is 24.1 Å². The molecule has 2 aromatic carbocycles. The van der Waals surface area contributed by atoms with Crippen molar-refractivity contribution in [2.24, 2.45) is 11.7 Å². The molecule has 2 unspecified atom stereocenters. The van der Waals surface area contributed by atoms with Crippen LogP contribution in [0.2, 0.25) is 0 Å². The summed E-state index contributed by atoms with van der Waals surface area (Å²) < 4.78 is 15.4. The van der Waals surface area contributed by atoms with Gasteiger partial charge in [-0.15, -0.1) is 0 Å². The molecule has 0 bridgehead atoms. The van der Waals surface area contributed by atoms with Gasteiger partial charge < -0.3 is 24.7 Å². The Morgan fingerprint density at radius 3 is 2.38 bits per heavy atom. The van der Waals surface area contributed by atoms with Crippen molar-refractivity contribution in [3.8, 4) is 0 Å². The number of nitrogens with two attached hydrogens (primary N) is 1. The zero-order chi connectivity index (χ0) is 23.1. The summed E-state index contributed by atoms with van der Waals surface area (Å²) in [4.78, 5) is 48.4. The summed E-state index contributed by atoms with van der Waals surface area (Å²) in [5, 5.41) is 9.91. The van der Waals surface area contributed by atoms with E-state index in [0.29, 0.717) is 16.7 Å². The molecule has 3 rings (SSSR count). The van der Waals surface area contributed by atoms with E-state index in [1.54, 1.807) is 54.6 Å². The van der Waals surface area contributed by atoms with E-state index in [0.717, 1.165) is 5.39 Å². The van der Waals surface area contributed by atoms with Crippen LogP contribution in [0.1, 0.15) is 11.1 Å². The highest BCUT2D eigenvalue weighted by molar-refractivity contribution is 6.04. The minimum absolute atomic E-state index is 0.164. The highest BCUT2D eigenvalue weighted by Crippen LogP contribution is 2.21. The Balaban J connectivity index is 1.60. The van der Waals surface area contributed by atoms with E-state index < -0.39 is 42.3 Å². The standard InChI is InChI=1S/C23H21NO8/c24-21(22(27)28)20(23(29)32-11-14-6-2-1-3-7-14)17(25)13-31-19(26)10-15-12-30-18-9-5-4-8-16(15)18/h1-9,12,20-21H,10-11,13,24H2,(H,27,28). The van der Waals surface area contributed by atoms with Gasteiger partial charge in [0, 0.05) is 10.9 Å². The van der Waals surface area contributed by atoms with Crippen molar-refractivity contribution in [3.05, 3.63) is 72.0 Å². The first-order valence-corrected chi connectivity index (χ1v) is 9.69. The first kappa shape index (κ1) is 22.7. The number of benzene rings is 2. The fourth-order valence-electron chi connectivity index (χ4n) is 3.06. The maximum atomic E-state index is 12.5. The molecule has 0 saturated carbocycles. The average Bonchev–Trinajstić information content (AvgIpc) is 3.19. The fraction of sp³-hybridized carbons (Fsp3) is 0.217. The molecule has 1 aromatic heterocycles. The molecule has 166 valence electrons. The molecule has 32 heavy (non-hydrogen) atoms. The van der Waals surface area contributed by atoms with Gasteiger partial charge in [0.05, 0.1) is 12.7 Å². The lowest BCUT2D eigenvalue weighted by atomic mass is 9.96. The van der Waals surface area contributed by atoms with E-state index in [9.17, 15) is 24.3 Å². The zero-order valence-corrected chi connectivity index (χ0v) is 16.9. The number of ketones is 1. The van der Waals surface area contributed by atoms with Crippen LogP contribution in [-0.2, 0) is 41.7 Å². The number of carbonyl (C=O) groups is 4. The van der Waals surface area contributed by atoms with Crippen LogP contribution in [-0.4, -0.2) is 41.4 Å². The third kappa shape index (κ3) is 5.58. The third-order valence-corrected chi connectivity index (χ3v) is 4.74. The van der Waals surface area contributed by atoms with Gasteiger partial charge in [-0.05, 0) is 11.6 Å². The number of hydrogen-bond donors (Lipinski definition) is 2. The van der Waals surface area contributed by atoms with Gasteiger partial charge in [-0.25, -0.2) is 0 Å². The van der Waals surface area contributed by atoms with E-state index in [1.165, 1.54) is 6.26 Å². The van der Waals surface area contributed by atoms with Crippen molar-refractivity contribution < 1.29 is 38.2 Å². The number of esters is 2. The lowest BCUT2D eigenvalue weighted by Gasteiger charge is -2.18. The molecule has 9 heteroatoms. The maximum Gasteiger partial charge on any atom is 0.321 e. The van der Waals surface area contributed by atoms with Crippen molar-refractivity contribution >= 4 is 34.7 Å². The topological polar surface area (TPSA) is 146 Å². The van der Waals surface area contributed by atoms with Gasteiger partial charge in [-0.3, -0.25) is 19.2 Å². The number of furan rings is 1. The van der Waals surface area contributed by atoms with Crippen molar-refractivity contribution in [2.45, 2.75) is 19.1 Å². The predicted octanol–water partition coefficient (Wildman–Crippen LogP) is 1.86. The van der Waals surface area contributed by atoms with Gasteiger partial charge >= 0.3 is 17.9 Å². The SMILES string of the molecule is NC(C(=O)O)C(C(=O)COC(=O)Cc1coc2ccccc12)C(=O)OCc1ccccc1. The zero-order valence-electron chi connectivity index (χ0n) is 16.9. The number of fused-ring (bicyclic) bond motifs is 1. The lowest BCUT2D eigenvalue weighted by molar-refractivity contribution is -0.161. The van der Waals surface area contributed by atoms with Crippen molar-refractivity contribution in [1.82, 2.24) is 0 Å². The minimum Gasteiger partial charge on any atom is -0.480 e. The second-order valence-electron chi connectivity index (χ2n) is 7.00. The summed E-state index contributed by atoms with van der Waals surface area (Å²) in [7, 11) is 0. The van der Waals surface area contributed by atoms with Crippen molar-refractivity contribution in [3.63, 3.8) is 0 Å². The van der Waals surface area contributed by atoms with Crippen LogP contribution in [0.5, 0.6) is 0 Å². The van der Waals surface area contributed by atoms with E-state index in [2.05, 4.69) is 0 Å². The number of aliphatic carboxylic acids is 1. The minimum atomic E-state index is -1.85. The summed E-state index contributed by atoms with van der Waals surface area (Å²) >= 11 is 0. The summed E-state index contributed by atoms with van der Waals surface area (Å²) in [6.45, 7) is -0.982. The summed E-state index contributed by atoms with van der Waals surface area (Å²) in [6.07, 6.45) is 1.25. The molecule has 0 aliphatic rings. The van der Waals surface area contributed by atoms with Gasteiger partial charge in [0.2, 0.25) is 0 Å². The van der Waals surface area contributed by atoms with E-state index in [1.807, 2.05) is 0 Å². The predicted molar refractivity (Wildman–Crippen MR) is 111 cm³/mol. The Hall–Kier alpha value is -3.98. The van der Waals surface area contributed by atoms with E-state index in [4.69, 9.17) is 19.6 Å². The van der Waals surface area contributed by atoms with Crippen LogP contribution in [0.25, 0.3) is 11.0 Å². The summed E-state index contributed by atoms with van der Waals surface area (Å²) in [6, 6.07) is 13.9. The average molecular weight is 439 g/mol. The fourth-order valence-corrected chi connectivity index (χ4v) is 3.06. The number of para-hydroxylation sites is 1. The molecule has 0 spiro atoms. The lowest BCUT2D eigenvalue weighted by Crippen LogP contribution is -2.48. The van der Waals surface area contributed by atoms with Crippen LogP contribution in [0.3, 0.4) is 0 Å². The molecule has 0 amide bonds. The number of ether oxygens (including phenoxy) is 2. The Labute approximate surface area is 182 Å². The Morgan fingerprint density at radius 1 is 0.969 bits per heavy atom. The summed E-state index contributed by atoms with van der Waals surface area (Å²) in [5.74, 6) is -6.20. The molecule has 0 fully saturated rings. The number of hydrogen-bond acceptors (Lipinski definition) is 8. The van der Waals surface area contributed by atoms with Crippen LogP contribution in [0.15, 0.2) is 65.3 Å². The molecular weight excluding hydrogens is 418 g/mol. The van der Waals surface area contributed by atoms with Crippen molar-refractivity contribution in [2.75, 3.05) is 6.61 Å². The summed E-state index contributed by atoms with van der Waals surface area (Å²) in [5.41, 5.74) is 7.35. The quantitative estimate of drug-likeness (QED) is 0.357. The first-order valence-electron chi connectivity index (χ1n) is 9.69. The van der Waals surface area contributed by atoms with E-state index >= 15 is 0 Å². The molecule has 9 nitrogen and oxygen atoms in total. The Bertz CT molecular complexity index is 1120. The van der Waals surface area contributed by atoms with Crippen molar-refractivity contribution in [1.29, 1.82) is 0 Å². The van der Waals surface area contributed by atoms with Crippen LogP contribution < -0.4 is 5.73 Å². The molecule has 3 N–H and O–H groups in total. The van der Waals surface area contributed by atoms with Crippen LogP contribution >= 0.6 is 0 Å². The number of Topliss-reactive ketones (excluding diaryl/α,β-unsaturated/α-hetero) is 1. The van der Waals surface area contributed by atoms with Crippen LogP contribution in [0, 0.1) is 5.92 Å². The molecule has 0 aliphatic carbocycles. The molecule has 0 saturated heterocycles. The van der Waals surface area contributed by atoms with Gasteiger partial charge in [0.15, 0.2) is 12.4 Å². The Kier molecular flexibility index (Phi) is 7.35. The van der Waals surface area contributed by atoms with Gasteiger partial charge in [-0.2, -0.15) is 0 Å². The normalized spacial score (nSPS) is 12.7. The second-order valence-corrected chi connectivity index (χ2v) is 7.00. The molecule has 3 aromatic rings. The van der Waals surface area contributed by atoms with Crippen LogP contribution in [0.4, 0.5) is 0 Å². The smallest absolute Gasteiger partial charge is 0.321 e. The van der Waals surface area contributed by atoms with E-state index in [-0.39, 0.29) is 13.0 Å². The maximum absolute atomic E-state index is 12.5.